The van der Waals surface area contributed by atoms with Crippen molar-refractivity contribution in [3.05, 3.63) is 70.8 Å². The Morgan fingerprint density at radius 3 is 2.70 bits per heavy atom. The number of fused-ring (bicyclic) bond motifs is 2. The van der Waals surface area contributed by atoms with Crippen molar-refractivity contribution >= 4 is 27.2 Å². The summed E-state index contributed by atoms with van der Waals surface area (Å²) in [7, 11) is 0. The Morgan fingerprint density at radius 1 is 1.00 bits per heavy atom. The van der Waals surface area contributed by atoms with Crippen LogP contribution in [-0.2, 0) is 0 Å². The first kappa shape index (κ1) is 16.1. The lowest BCUT2D eigenvalue weighted by Gasteiger charge is -1.98. The first-order valence-electron chi connectivity index (χ1n) is 8.52. The zero-order valence-corrected chi connectivity index (χ0v) is 16.3. The smallest absolute Gasteiger partial charge is 0.182 e. The van der Waals surface area contributed by atoms with Crippen molar-refractivity contribution in [2.75, 3.05) is 0 Å². The van der Waals surface area contributed by atoms with Gasteiger partial charge in [0.25, 0.3) is 0 Å². The fraction of sp³-hybridized carbons (Fsp3) is 0.100. The van der Waals surface area contributed by atoms with Crippen molar-refractivity contribution in [3.8, 4) is 22.6 Å². The Balaban J connectivity index is 1.63. The summed E-state index contributed by atoms with van der Waals surface area (Å²) in [4.78, 5) is 13.8. The zero-order chi connectivity index (χ0) is 18.5. The number of rotatable bonds is 2. The van der Waals surface area contributed by atoms with Crippen LogP contribution in [0.5, 0.6) is 0 Å². The van der Waals surface area contributed by atoms with Crippen molar-refractivity contribution in [3.63, 3.8) is 0 Å². The van der Waals surface area contributed by atoms with Crippen LogP contribution in [0.4, 0.5) is 0 Å². The molecule has 0 unspecified atom stereocenters. The van der Waals surface area contributed by atoms with Crippen molar-refractivity contribution in [2.45, 2.75) is 13.8 Å². The Morgan fingerprint density at radius 2 is 1.89 bits per heavy atom. The van der Waals surface area contributed by atoms with Gasteiger partial charge in [-0.25, -0.2) is 14.5 Å². The molecule has 5 aromatic rings. The number of imidazole rings is 1. The lowest BCUT2D eigenvalue weighted by molar-refractivity contribution is 0.891. The fourth-order valence-electron chi connectivity index (χ4n) is 3.13. The molecular formula is C20H15BrN6. The van der Waals surface area contributed by atoms with Gasteiger partial charge >= 0.3 is 0 Å². The van der Waals surface area contributed by atoms with E-state index in [0.29, 0.717) is 5.82 Å². The second-order valence-electron chi connectivity index (χ2n) is 6.47. The molecule has 5 rings (SSSR count). The SMILES string of the molecule is Cc1ncc(C)n2nc(-c3ccn4cc(-c5cccc(Br)c5)nc4c3)nc12. The molecule has 0 aliphatic carbocycles. The maximum absolute atomic E-state index is 4.77. The molecule has 1 aromatic carbocycles. The van der Waals surface area contributed by atoms with E-state index in [1.165, 1.54) is 0 Å². The highest BCUT2D eigenvalue weighted by atomic mass is 79.9. The molecule has 0 aliphatic rings. The van der Waals surface area contributed by atoms with E-state index in [4.69, 9.17) is 4.98 Å². The molecule has 0 amide bonds. The fourth-order valence-corrected chi connectivity index (χ4v) is 3.52. The Bertz CT molecular complexity index is 1280. The Labute approximate surface area is 163 Å². The number of hydrogen-bond donors (Lipinski definition) is 0. The quantitative estimate of drug-likeness (QED) is 0.423. The number of aromatic nitrogens is 6. The van der Waals surface area contributed by atoms with Crippen LogP contribution in [0, 0.1) is 13.8 Å². The zero-order valence-electron chi connectivity index (χ0n) is 14.8. The predicted octanol–water partition coefficient (Wildman–Crippen LogP) is 4.49. The average Bonchev–Trinajstić information content (AvgIpc) is 3.29. The molecule has 0 saturated carbocycles. The summed E-state index contributed by atoms with van der Waals surface area (Å²) in [5.74, 6) is 0.670. The van der Waals surface area contributed by atoms with Crippen LogP contribution in [0.1, 0.15) is 11.4 Å². The molecule has 0 saturated heterocycles. The van der Waals surface area contributed by atoms with Gasteiger partial charge in [-0.05, 0) is 38.1 Å². The third-order valence-corrected chi connectivity index (χ3v) is 5.04. The summed E-state index contributed by atoms with van der Waals surface area (Å²) >= 11 is 3.52. The number of pyridine rings is 1. The van der Waals surface area contributed by atoms with Gasteiger partial charge in [0, 0.05) is 34.2 Å². The first-order chi connectivity index (χ1) is 13.1. The van der Waals surface area contributed by atoms with Gasteiger partial charge in [0.15, 0.2) is 11.5 Å². The lowest BCUT2D eigenvalue weighted by Crippen LogP contribution is -1.97. The molecule has 4 aromatic heterocycles. The minimum atomic E-state index is 0.670. The maximum Gasteiger partial charge on any atom is 0.182 e. The summed E-state index contributed by atoms with van der Waals surface area (Å²) in [5.41, 5.74) is 6.36. The molecule has 0 fully saturated rings. The Hall–Kier alpha value is -3.06. The summed E-state index contributed by atoms with van der Waals surface area (Å²) in [6, 6.07) is 12.1. The summed E-state index contributed by atoms with van der Waals surface area (Å²) in [6.45, 7) is 3.91. The third kappa shape index (κ3) is 2.71. The number of hydrogen-bond acceptors (Lipinski definition) is 4. The van der Waals surface area contributed by atoms with Gasteiger partial charge in [-0.3, -0.25) is 4.98 Å². The van der Waals surface area contributed by atoms with Gasteiger partial charge in [-0.15, -0.1) is 5.10 Å². The summed E-state index contributed by atoms with van der Waals surface area (Å²) in [6.07, 6.45) is 5.82. The number of halogens is 1. The highest BCUT2D eigenvalue weighted by molar-refractivity contribution is 9.10. The van der Waals surface area contributed by atoms with Crippen LogP contribution in [0.25, 0.3) is 33.9 Å². The van der Waals surface area contributed by atoms with E-state index < -0.39 is 0 Å². The summed E-state index contributed by atoms with van der Waals surface area (Å²) < 4.78 is 4.87. The Kier molecular flexibility index (Phi) is 3.58. The van der Waals surface area contributed by atoms with Crippen molar-refractivity contribution in [1.82, 2.24) is 29.0 Å². The topological polar surface area (TPSA) is 60.4 Å². The lowest BCUT2D eigenvalue weighted by atomic mass is 10.2. The molecule has 0 aliphatic heterocycles. The van der Waals surface area contributed by atoms with E-state index >= 15 is 0 Å². The normalized spacial score (nSPS) is 11.5. The highest BCUT2D eigenvalue weighted by Gasteiger charge is 2.12. The van der Waals surface area contributed by atoms with Gasteiger partial charge in [0.05, 0.1) is 17.1 Å². The van der Waals surface area contributed by atoms with Crippen molar-refractivity contribution < 1.29 is 0 Å². The van der Waals surface area contributed by atoms with E-state index in [9.17, 15) is 0 Å². The van der Waals surface area contributed by atoms with Gasteiger partial charge in [-0.2, -0.15) is 0 Å². The minimum Gasteiger partial charge on any atom is -0.306 e. The molecular weight excluding hydrogens is 404 g/mol. The molecule has 7 heteroatoms. The number of nitrogens with zero attached hydrogens (tertiary/aromatic N) is 6. The minimum absolute atomic E-state index is 0.670. The van der Waals surface area contributed by atoms with E-state index in [2.05, 4.69) is 43.1 Å². The average molecular weight is 419 g/mol. The van der Waals surface area contributed by atoms with Gasteiger partial charge < -0.3 is 4.40 Å². The molecule has 0 radical (unpaired) electrons. The number of benzene rings is 1. The molecule has 132 valence electrons. The monoisotopic (exact) mass is 418 g/mol. The predicted molar refractivity (Wildman–Crippen MR) is 108 cm³/mol. The molecule has 0 atom stereocenters. The van der Waals surface area contributed by atoms with Gasteiger partial charge in [0.1, 0.15) is 5.65 Å². The first-order valence-corrected chi connectivity index (χ1v) is 9.32. The largest absolute Gasteiger partial charge is 0.306 e. The van der Waals surface area contributed by atoms with Crippen LogP contribution >= 0.6 is 15.9 Å². The van der Waals surface area contributed by atoms with Crippen molar-refractivity contribution in [1.29, 1.82) is 0 Å². The molecule has 6 nitrogen and oxygen atoms in total. The molecule has 0 bridgehead atoms. The molecule has 27 heavy (non-hydrogen) atoms. The van der Waals surface area contributed by atoms with Crippen LogP contribution < -0.4 is 0 Å². The van der Waals surface area contributed by atoms with E-state index in [0.717, 1.165) is 44.0 Å². The second kappa shape index (κ2) is 5.99. The third-order valence-electron chi connectivity index (χ3n) is 4.55. The molecule has 0 spiro atoms. The maximum atomic E-state index is 4.77. The standard InChI is InChI=1S/C20H15BrN6/c1-12-10-22-13(2)20-24-19(25-27(12)20)15-6-7-26-11-17(23-18(26)9-15)14-4-3-5-16(21)8-14/h3-11H,1-2H3. The van der Waals surface area contributed by atoms with E-state index in [1.54, 1.807) is 0 Å². The van der Waals surface area contributed by atoms with Gasteiger partial charge in [-0.1, -0.05) is 28.1 Å². The van der Waals surface area contributed by atoms with Crippen LogP contribution in [0.15, 0.2) is 59.5 Å². The van der Waals surface area contributed by atoms with Crippen molar-refractivity contribution in [2.24, 2.45) is 0 Å². The van der Waals surface area contributed by atoms with E-state index in [-0.39, 0.29) is 0 Å². The van der Waals surface area contributed by atoms with E-state index in [1.807, 2.05) is 65.6 Å². The summed E-state index contributed by atoms with van der Waals surface area (Å²) in [5, 5.41) is 4.65. The van der Waals surface area contributed by atoms with Crippen LogP contribution in [0.3, 0.4) is 0 Å². The van der Waals surface area contributed by atoms with Crippen LogP contribution in [0.2, 0.25) is 0 Å². The second-order valence-corrected chi connectivity index (χ2v) is 7.39. The molecule has 4 heterocycles. The number of aryl methyl sites for hydroxylation is 2. The highest BCUT2D eigenvalue weighted by Crippen LogP contribution is 2.25. The molecule has 0 N–H and O–H groups in total. The van der Waals surface area contributed by atoms with Gasteiger partial charge in [0.2, 0.25) is 0 Å². The van der Waals surface area contributed by atoms with Crippen LogP contribution in [-0.4, -0.2) is 29.0 Å².